The van der Waals surface area contributed by atoms with Gasteiger partial charge in [-0.15, -0.1) is 0 Å². The van der Waals surface area contributed by atoms with Crippen LogP contribution in [0.15, 0.2) is 54.6 Å². The van der Waals surface area contributed by atoms with Gasteiger partial charge in [0.05, 0.1) is 30.4 Å². The molecule has 0 radical (unpaired) electrons. The van der Waals surface area contributed by atoms with Crippen molar-refractivity contribution in [3.63, 3.8) is 0 Å². The molecule has 0 bridgehead atoms. The van der Waals surface area contributed by atoms with E-state index in [0.29, 0.717) is 49.1 Å². The molecule has 6 nitrogen and oxygen atoms in total. The van der Waals surface area contributed by atoms with Gasteiger partial charge < -0.3 is 14.4 Å². The Kier molecular flexibility index (Phi) is 4.69. The molecule has 2 heterocycles. The van der Waals surface area contributed by atoms with Gasteiger partial charge in [-0.2, -0.15) is 5.26 Å². The molecule has 0 N–H and O–H groups in total. The third-order valence-corrected chi connectivity index (χ3v) is 4.40. The molecule has 27 heavy (non-hydrogen) atoms. The van der Waals surface area contributed by atoms with E-state index in [2.05, 4.69) is 11.1 Å². The van der Waals surface area contributed by atoms with E-state index in [4.69, 9.17) is 14.7 Å². The van der Waals surface area contributed by atoms with Crippen LogP contribution in [0.2, 0.25) is 0 Å². The maximum absolute atomic E-state index is 12.6. The number of aromatic nitrogens is 1. The first kappa shape index (κ1) is 17.0. The summed E-state index contributed by atoms with van der Waals surface area (Å²) in [6.45, 7) is 2.32. The van der Waals surface area contributed by atoms with Crippen molar-refractivity contribution in [1.82, 2.24) is 9.88 Å². The van der Waals surface area contributed by atoms with E-state index in [-0.39, 0.29) is 5.91 Å². The maximum Gasteiger partial charge on any atom is 0.272 e. The van der Waals surface area contributed by atoms with E-state index < -0.39 is 0 Å². The fourth-order valence-corrected chi connectivity index (χ4v) is 2.95. The first-order valence-electron chi connectivity index (χ1n) is 8.69. The number of nitrogens with zero attached hydrogens (tertiary/aromatic N) is 3. The van der Waals surface area contributed by atoms with E-state index in [1.54, 1.807) is 35.2 Å². The van der Waals surface area contributed by atoms with Crippen LogP contribution in [0.25, 0.3) is 10.9 Å². The molecule has 3 aromatic rings. The number of carbonyl (C=O) groups excluding carboxylic acids is 1. The van der Waals surface area contributed by atoms with Gasteiger partial charge in [0.25, 0.3) is 5.91 Å². The highest BCUT2D eigenvalue weighted by atomic mass is 16.5. The SMILES string of the molecule is N#Cc1ccc(Oc2ccc3nc(C(=O)N4CCOCC4)ccc3c2)cc1. The number of benzene rings is 2. The molecule has 1 aromatic heterocycles. The molecule has 0 atom stereocenters. The standard InChI is InChI=1S/C21H17N3O3/c22-14-15-1-4-17(5-2-15)27-18-6-8-19-16(13-18)3-7-20(23-19)21(25)24-9-11-26-12-10-24/h1-8,13H,9-12H2. The lowest BCUT2D eigenvalue weighted by molar-refractivity contribution is 0.0299. The van der Waals surface area contributed by atoms with Crippen LogP contribution in [0.1, 0.15) is 16.1 Å². The van der Waals surface area contributed by atoms with Gasteiger partial charge in [0.15, 0.2) is 0 Å². The van der Waals surface area contributed by atoms with Crippen LogP contribution >= 0.6 is 0 Å². The number of hydrogen-bond donors (Lipinski definition) is 0. The summed E-state index contributed by atoms with van der Waals surface area (Å²) in [6.07, 6.45) is 0. The van der Waals surface area contributed by atoms with E-state index in [0.717, 1.165) is 10.9 Å². The molecule has 6 heteroatoms. The summed E-state index contributed by atoms with van der Waals surface area (Å²) in [6, 6.07) is 18.2. The van der Waals surface area contributed by atoms with Crippen molar-refractivity contribution in [3.05, 3.63) is 65.9 Å². The molecule has 0 aliphatic carbocycles. The van der Waals surface area contributed by atoms with Crippen molar-refractivity contribution in [2.45, 2.75) is 0 Å². The minimum Gasteiger partial charge on any atom is -0.457 e. The fourth-order valence-electron chi connectivity index (χ4n) is 2.95. The Labute approximate surface area is 156 Å². The quantitative estimate of drug-likeness (QED) is 0.717. The highest BCUT2D eigenvalue weighted by Gasteiger charge is 2.19. The fraction of sp³-hybridized carbons (Fsp3) is 0.190. The number of amides is 1. The van der Waals surface area contributed by atoms with Gasteiger partial charge in [-0.3, -0.25) is 4.79 Å². The summed E-state index contributed by atoms with van der Waals surface area (Å²) in [5.41, 5.74) is 1.76. The maximum atomic E-state index is 12.6. The van der Waals surface area contributed by atoms with Crippen molar-refractivity contribution >= 4 is 16.8 Å². The zero-order valence-corrected chi connectivity index (χ0v) is 14.6. The van der Waals surface area contributed by atoms with Crippen LogP contribution < -0.4 is 4.74 Å². The highest BCUT2D eigenvalue weighted by Crippen LogP contribution is 2.25. The van der Waals surface area contributed by atoms with Gasteiger partial charge in [0.2, 0.25) is 0 Å². The van der Waals surface area contributed by atoms with E-state index >= 15 is 0 Å². The third kappa shape index (κ3) is 3.73. The number of carbonyl (C=O) groups is 1. The molecule has 1 aliphatic heterocycles. The molecule has 1 fully saturated rings. The molecular weight excluding hydrogens is 342 g/mol. The first-order valence-corrected chi connectivity index (χ1v) is 8.69. The zero-order valence-electron chi connectivity index (χ0n) is 14.6. The molecule has 0 unspecified atom stereocenters. The number of morpholine rings is 1. The number of hydrogen-bond acceptors (Lipinski definition) is 5. The highest BCUT2D eigenvalue weighted by molar-refractivity contribution is 5.95. The van der Waals surface area contributed by atoms with Crippen LogP contribution in [-0.4, -0.2) is 42.1 Å². The van der Waals surface area contributed by atoms with Crippen LogP contribution in [0, 0.1) is 11.3 Å². The summed E-state index contributed by atoms with van der Waals surface area (Å²) in [5, 5.41) is 9.74. The second kappa shape index (κ2) is 7.44. The van der Waals surface area contributed by atoms with Gasteiger partial charge >= 0.3 is 0 Å². The number of fused-ring (bicyclic) bond motifs is 1. The Balaban J connectivity index is 1.54. The first-order chi connectivity index (χ1) is 13.2. The molecule has 1 saturated heterocycles. The Morgan fingerprint density at radius 1 is 1.04 bits per heavy atom. The summed E-state index contributed by atoms with van der Waals surface area (Å²) < 4.78 is 11.1. The van der Waals surface area contributed by atoms with Crippen molar-refractivity contribution in [1.29, 1.82) is 5.26 Å². The van der Waals surface area contributed by atoms with E-state index in [1.165, 1.54) is 0 Å². The van der Waals surface area contributed by atoms with Crippen molar-refractivity contribution < 1.29 is 14.3 Å². The van der Waals surface area contributed by atoms with Gasteiger partial charge in [-0.05, 0) is 48.5 Å². The Morgan fingerprint density at radius 3 is 2.52 bits per heavy atom. The number of ether oxygens (including phenoxy) is 2. The minimum absolute atomic E-state index is 0.0712. The summed E-state index contributed by atoms with van der Waals surface area (Å²) in [5.74, 6) is 1.25. The molecule has 1 aliphatic rings. The largest absolute Gasteiger partial charge is 0.457 e. The van der Waals surface area contributed by atoms with Gasteiger partial charge in [0, 0.05) is 18.5 Å². The van der Waals surface area contributed by atoms with Crippen LogP contribution in [-0.2, 0) is 4.74 Å². The van der Waals surface area contributed by atoms with E-state index in [9.17, 15) is 4.79 Å². The van der Waals surface area contributed by atoms with Crippen LogP contribution in [0.5, 0.6) is 11.5 Å². The monoisotopic (exact) mass is 359 g/mol. The number of pyridine rings is 1. The minimum atomic E-state index is -0.0712. The molecule has 4 rings (SSSR count). The van der Waals surface area contributed by atoms with Crippen molar-refractivity contribution in [3.8, 4) is 17.6 Å². The van der Waals surface area contributed by atoms with Gasteiger partial charge in [-0.25, -0.2) is 4.98 Å². The predicted molar refractivity (Wildman–Crippen MR) is 99.7 cm³/mol. The number of nitriles is 1. The lowest BCUT2D eigenvalue weighted by Gasteiger charge is -2.26. The number of rotatable bonds is 3. The normalized spacial score (nSPS) is 14.0. The average Bonchev–Trinajstić information content (AvgIpc) is 2.74. The Bertz CT molecular complexity index is 1020. The van der Waals surface area contributed by atoms with Crippen molar-refractivity contribution in [2.24, 2.45) is 0 Å². The molecule has 134 valence electrons. The van der Waals surface area contributed by atoms with Crippen molar-refractivity contribution in [2.75, 3.05) is 26.3 Å². The lowest BCUT2D eigenvalue weighted by atomic mass is 10.2. The molecule has 0 saturated carbocycles. The van der Waals surface area contributed by atoms with Gasteiger partial charge in [-0.1, -0.05) is 6.07 Å². The molecular formula is C21H17N3O3. The molecule has 0 spiro atoms. The smallest absolute Gasteiger partial charge is 0.272 e. The zero-order chi connectivity index (χ0) is 18.6. The second-order valence-electron chi connectivity index (χ2n) is 6.19. The molecule has 1 amide bonds. The van der Waals surface area contributed by atoms with Crippen LogP contribution in [0.3, 0.4) is 0 Å². The molecule has 2 aromatic carbocycles. The lowest BCUT2D eigenvalue weighted by Crippen LogP contribution is -2.41. The summed E-state index contributed by atoms with van der Waals surface area (Å²) >= 11 is 0. The topological polar surface area (TPSA) is 75.5 Å². The summed E-state index contributed by atoms with van der Waals surface area (Å²) in [4.78, 5) is 18.8. The van der Waals surface area contributed by atoms with E-state index in [1.807, 2.05) is 24.3 Å². The van der Waals surface area contributed by atoms with Gasteiger partial charge in [0.1, 0.15) is 17.2 Å². The second-order valence-corrected chi connectivity index (χ2v) is 6.19. The third-order valence-electron chi connectivity index (χ3n) is 4.40. The average molecular weight is 359 g/mol. The Morgan fingerprint density at radius 2 is 1.78 bits per heavy atom. The van der Waals surface area contributed by atoms with Crippen LogP contribution in [0.4, 0.5) is 0 Å². The predicted octanol–water partition coefficient (Wildman–Crippen LogP) is 3.37. The Hall–Kier alpha value is -3.43. The summed E-state index contributed by atoms with van der Waals surface area (Å²) in [7, 11) is 0.